The third-order valence-electron chi connectivity index (χ3n) is 4.88. The van der Waals surface area contributed by atoms with E-state index in [1.165, 1.54) is 30.3 Å². The van der Waals surface area contributed by atoms with Crippen molar-refractivity contribution in [2.24, 2.45) is 0 Å². The summed E-state index contributed by atoms with van der Waals surface area (Å²) in [5.41, 5.74) is 0.804. The average Bonchev–Trinajstić information content (AvgIpc) is 2.75. The Bertz CT molecular complexity index is 1300. The lowest BCUT2D eigenvalue weighted by molar-refractivity contribution is -0.122. The fourth-order valence-electron chi connectivity index (χ4n) is 3.23. The number of carbonyl (C=O) groups excluding carboxylic acids is 1. The Morgan fingerprint density at radius 2 is 1.81 bits per heavy atom. The molecule has 1 heterocycles. The fraction of sp³-hybridized carbons (Fsp3) is 0.136. The lowest BCUT2D eigenvalue weighted by Crippen LogP contribution is -2.48. The Hall–Kier alpha value is -3.17. The number of anilines is 2. The summed E-state index contributed by atoms with van der Waals surface area (Å²) in [5, 5.41) is 2.60. The van der Waals surface area contributed by atoms with Gasteiger partial charge in [-0.05, 0) is 49.4 Å². The Balaban J connectivity index is 1.69. The lowest BCUT2D eigenvalue weighted by atomic mass is 10.2. The first-order valence-corrected chi connectivity index (χ1v) is 11.3. The number of nitrogens with one attached hydrogen (secondary N) is 1. The van der Waals surface area contributed by atoms with E-state index in [0.29, 0.717) is 6.07 Å². The largest absolute Gasteiger partial charge is 0.476 e. The smallest absolute Gasteiger partial charge is 0.267 e. The van der Waals surface area contributed by atoms with Crippen molar-refractivity contribution in [1.29, 1.82) is 0 Å². The zero-order valence-electron chi connectivity index (χ0n) is 16.7. The Kier molecular flexibility index (Phi) is 5.79. The zero-order chi connectivity index (χ0) is 23.0. The number of hydrogen-bond donors (Lipinski definition) is 1. The van der Waals surface area contributed by atoms with Crippen molar-refractivity contribution in [3.05, 3.63) is 82.9 Å². The molecule has 0 aromatic heterocycles. The number of halogens is 3. The van der Waals surface area contributed by atoms with Crippen LogP contribution in [-0.2, 0) is 14.8 Å². The Labute approximate surface area is 188 Å². The van der Waals surface area contributed by atoms with E-state index in [9.17, 15) is 22.0 Å². The van der Waals surface area contributed by atoms with Crippen molar-refractivity contribution in [3.63, 3.8) is 0 Å². The van der Waals surface area contributed by atoms with Crippen molar-refractivity contribution < 1.29 is 26.7 Å². The van der Waals surface area contributed by atoms with Gasteiger partial charge in [-0.2, -0.15) is 0 Å². The molecule has 1 aliphatic rings. The summed E-state index contributed by atoms with van der Waals surface area (Å²) in [6.07, 6.45) is -1.30. The van der Waals surface area contributed by atoms with E-state index < -0.39 is 33.7 Å². The predicted molar refractivity (Wildman–Crippen MR) is 117 cm³/mol. The molecule has 1 amide bonds. The molecule has 0 saturated heterocycles. The number of sulfonamides is 1. The fourth-order valence-corrected chi connectivity index (χ4v) is 4.86. The number of rotatable bonds is 4. The van der Waals surface area contributed by atoms with E-state index in [4.69, 9.17) is 16.3 Å². The van der Waals surface area contributed by atoms with Gasteiger partial charge in [-0.1, -0.05) is 29.3 Å². The maximum absolute atomic E-state index is 14.0. The standard InChI is InChI=1S/C22H17ClF2N2O4S/c1-13-2-6-16(7-3-13)32(29,30)27-12-21(31-20-9-4-14(23)10-19(20)27)22(28)26-18-8-5-15(24)11-17(18)25/h2-11,21H,12H2,1H3,(H,26,28). The van der Waals surface area contributed by atoms with Crippen LogP contribution in [0.3, 0.4) is 0 Å². The molecular formula is C22H17ClF2N2O4S. The van der Waals surface area contributed by atoms with E-state index in [0.717, 1.165) is 22.0 Å². The van der Waals surface area contributed by atoms with Crippen LogP contribution in [0.1, 0.15) is 5.56 Å². The van der Waals surface area contributed by atoms with Crippen molar-refractivity contribution in [2.45, 2.75) is 17.9 Å². The predicted octanol–water partition coefficient (Wildman–Crippen LogP) is 4.52. The van der Waals surface area contributed by atoms with Gasteiger partial charge in [0.2, 0.25) is 0 Å². The molecule has 1 unspecified atom stereocenters. The third-order valence-corrected chi connectivity index (χ3v) is 6.91. The van der Waals surface area contributed by atoms with Gasteiger partial charge in [-0.25, -0.2) is 17.2 Å². The van der Waals surface area contributed by atoms with Crippen molar-refractivity contribution >= 4 is 38.9 Å². The van der Waals surface area contributed by atoms with Gasteiger partial charge in [0.25, 0.3) is 15.9 Å². The highest BCUT2D eigenvalue weighted by Gasteiger charge is 2.38. The molecule has 32 heavy (non-hydrogen) atoms. The molecule has 3 aromatic carbocycles. The number of nitrogens with zero attached hydrogens (tertiary/aromatic N) is 1. The minimum atomic E-state index is -4.07. The lowest BCUT2D eigenvalue weighted by Gasteiger charge is -2.35. The maximum Gasteiger partial charge on any atom is 0.267 e. The molecule has 3 aromatic rings. The molecule has 10 heteroatoms. The van der Waals surface area contributed by atoms with E-state index in [1.54, 1.807) is 12.1 Å². The highest BCUT2D eigenvalue weighted by Crippen LogP contribution is 2.39. The van der Waals surface area contributed by atoms with Gasteiger partial charge in [0.1, 0.15) is 17.4 Å². The van der Waals surface area contributed by atoms with Crippen LogP contribution in [0.2, 0.25) is 5.02 Å². The Morgan fingerprint density at radius 3 is 2.50 bits per heavy atom. The molecule has 0 fully saturated rings. The molecule has 0 saturated carbocycles. The van der Waals surface area contributed by atoms with Gasteiger partial charge in [0.05, 0.1) is 22.8 Å². The molecule has 4 rings (SSSR count). The summed E-state index contributed by atoms with van der Waals surface area (Å²) in [6, 6.07) is 13.3. The highest BCUT2D eigenvalue weighted by molar-refractivity contribution is 7.92. The second-order valence-electron chi connectivity index (χ2n) is 7.18. The van der Waals surface area contributed by atoms with Gasteiger partial charge < -0.3 is 10.1 Å². The number of benzene rings is 3. The van der Waals surface area contributed by atoms with Crippen LogP contribution in [0.4, 0.5) is 20.2 Å². The number of fused-ring (bicyclic) bond motifs is 1. The van der Waals surface area contributed by atoms with E-state index in [-0.39, 0.29) is 33.6 Å². The summed E-state index contributed by atoms with van der Waals surface area (Å²) in [5.74, 6) is -2.43. The topological polar surface area (TPSA) is 75.7 Å². The zero-order valence-corrected chi connectivity index (χ0v) is 18.3. The molecule has 0 spiro atoms. The van der Waals surface area contributed by atoms with Crippen LogP contribution in [0, 0.1) is 18.6 Å². The number of carbonyl (C=O) groups is 1. The normalized spacial score (nSPS) is 15.6. The number of ether oxygens (including phenoxy) is 1. The second-order valence-corrected chi connectivity index (χ2v) is 9.48. The SMILES string of the molecule is Cc1ccc(S(=O)(=O)N2CC(C(=O)Nc3ccc(F)cc3F)Oc3ccc(Cl)cc32)cc1. The quantitative estimate of drug-likeness (QED) is 0.598. The van der Waals surface area contributed by atoms with E-state index in [2.05, 4.69) is 5.32 Å². The molecule has 1 atom stereocenters. The second kappa shape index (κ2) is 8.40. The molecule has 6 nitrogen and oxygen atoms in total. The Morgan fingerprint density at radius 1 is 1.09 bits per heavy atom. The van der Waals surface area contributed by atoms with Crippen LogP contribution in [0.15, 0.2) is 65.6 Å². The first-order valence-electron chi connectivity index (χ1n) is 9.47. The van der Waals surface area contributed by atoms with Gasteiger partial charge in [-0.3, -0.25) is 9.10 Å². The van der Waals surface area contributed by atoms with Crippen molar-refractivity contribution in [1.82, 2.24) is 0 Å². The van der Waals surface area contributed by atoms with Crippen molar-refractivity contribution in [3.8, 4) is 5.75 Å². The molecule has 166 valence electrons. The number of hydrogen-bond acceptors (Lipinski definition) is 4. The molecule has 0 aliphatic carbocycles. The van der Waals surface area contributed by atoms with E-state index >= 15 is 0 Å². The van der Waals surface area contributed by atoms with Gasteiger partial charge in [0, 0.05) is 11.1 Å². The minimum absolute atomic E-state index is 0.0275. The van der Waals surface area contributed by atoms with E-state index in [1.807, 2.05) is 6.92 Å². The van der Waals surface area contributed by atoms with Gasteiger partial charge in [0.15, 0.2) is 6.10 Å². The summed E-state index contributed by atoms with van der Waals surface area (Å²) in [4.78, 5) is 12.8. The molecular weight excluding hydrogens is 462 g/mol. The maximum atomic E-state index is 14.0. The molecule has 1 aliphatic heterocycles. The molecule has 0 radical (unpaired) electrons. The summed E-state index contributed by atoms with van der Waals surface area (Å²) in [7, 11) is -4.07. The van der Waals surface area contributed by atoms with Crippen molar-refractivity contribution in [2.75, 3.05) is 16.2 Å². The summed E-state index contributed by atoms with van der Waals surface area (Å²) in [6.45, 7) is 1.45. The van der Waals surface area contributed by atoms with Crippen LogP contribution >= 0.6 is 11.6 Å². The van der Waals surface area contributed by atoms with Crippen LogP contribution in [-0.4, -0.2) is 27.0 Å². The minimum Gasteiger partial charge on any atom is -0.476 e. The van der Waals surface area contributed by atoms with Crippen LogP contribution < -0.4 is 14.4 Å². The molecule has 1 N–H and O–H groups in total. The highest BCUT2D eigenvalue weighted by atomic mass is 35.5. The number of aryl methyl sites for hydroxylation is 1. The first-order chi connectivity index (χ1) is 15.1. The van der Waals surface area contributed by atoms with Gasteiger partial charge in [-0.15, -0.1) is 0 Å². The number of amides is 1. The van der Waals surface area contributed by atoms with Crippen LogP contribution in [0.5, 0.6) is 5.75 Å². The third kappa shape index (κ3) is 4.26. The summed E-state index contributed by atoms with van der Waals surface area (Å²) >= 11 is 6.07. The average molecular weight is 479 g/mol. The monoisotopic (exact) mass is 478 g/mol. The molecule has 0 bridgehead atoms. The first kappa shape index (κ1) is 22.0. The summed E-state index contributed by atoms with van der Waals surface area (Å²) < 4.78 is 60.6. The van der Waals surface area contributed by atoms with Gasteiger partial charge >= 0.3 is 0 Å². The van der Waals surface area contributed by atoms with Crippen LogP contribution in [0.25, 0.3) is 0 Å².